The molecule has 1 aromatic heterocycles. The van der Waals surface area contributed by atoms with E-state index in [1.54, 1.807) is 0 Å². The summed E-state index contributed by atoms with van der Waals surface area (Å²) >= 11 is 0. The molecule has 6 atom stereocenters. The first-order valence-electron chi connectivity index (χ1n) is 9.64. The van der Waals surface area contributed by atoms with Gasteiger partial charge in [-0.15, -0.1) is 0 Å². The fraction of sp³-hybridized carbons (Fsp3) is 0.571. The molecule has 0 unspecified atom stereocenters. The molecule has 3 fully saturated rings. The van der Waals surface area contributed by atoms with Crippen LogP contribution in [-0.2, 0) is 0 Å². The maximum absolute atomic E-state index is 4.12. The number of fused-ring (bicyclic) bond motifs is 5. The lowest BCUT2D eigenvalue weighted by molar-refractivity contribution is 0.200. The average Bonchev–Trinajstić information content (AvgIpc) is 3.36. The van der Waals surface area contributed by atoms with E-state index < -0.39 is 0 Å². The number of hydrogen-bond acceptors (Lipinski definition) is 2. The van der Waals surface area contributed by atoms with Crippen LogP contribution >= 0.6 is 0 Å². The minimum atomic E-state index is 0.436. The standard InChI is InChI=1S/C21H27N3/c1-14(15-5-7-17(8-6-15)24-10-9-22-13-24)23-21-12-16-11-20(21)19-4-2-3-18(16)19/h5-10,13-14,16,18-21,23H,2-4,11-12H2,1H3/t14-,16+,18+,19+,20-,21+/m0/s1. The van der Waals surface area contributed by atoms with Crippen molar-refractivity contribution < 1.29 is 0 Å². The highest BCUT2D eigenvalue weighted by Gasteiger charge is 2.53. The van der Waals surface area contributed by atoms with E-state index in [1.165, 1.54) is 43.4 Å². The first-order valence-corrected chi connectivity index (χ1v) is 9.64. The summed E-state index contributed by atoms with van der Waals surface area (Å²) in [4.78, 5) is 4.12. The fourth-order valence-electron chi connectivity index (χ4n) is 6.02. The Balaban J connectivity index is 1.27. The molecule has 3 aliphatic rings. The van der Waals surface area contributed by atoms with E-state index in [2.05, 4.69) is 46.1 Å². The summed E-state index contributed by atoms with van der Waals surface area (Å²) in [5.74, 6) is 4.10. The van der Waals surface area contributed by atoms with Crippen LogP contribution in [-0.4, -0.2) is 15.6 Å². The molecule has 5 rings (SSSR count). The molecule has 0 aliphatic heterocycles. The molecule has 0 spiro atoms. The quantitative estimate of drug-likeness (QED) is 0.907. The smallest absolute Gasteiger partial charge is 0.0991 e. The molecule has 3 aliphatic carbocycles. The van der Waals surface area contributed by atoms with E-state index >= 15 is 0 Å². The SMILES string of the molecule is C[C@H](N[C@@H]1C[C@H]2C[C@H]1[C@@H]1CCC[C@H]21)c1ccc(-n2ccnc2)cc1. The molecule has 1 aromatic carbocycles. The van der Waals surface area contributed by atoms with Crippen molar-refractivity contribution in [2.75, 3.05) is 0 Å². The van der Waals surface area contributed by atoms with Crippen LogP contribution in [0.1, 0.15) is 50.6 Å². The van der Waals surface area contributed by atoms with Crippen LogP contribution in [0.4, 0.5) is 0 Å². The maximum atomic E-state index is 4.12. The second kappa shape index (κ2) is 5.73. The first kappa shape index (κ1) is 14.7. The number of nitrogens with zero attached hydrogens (tertiary/aromatic N) is 2. The van der Waals surface area contributed by atoms with E-state index in [-0.39, 0.29) is 0 Å². The van der Waals surface area contributed by atoms with E-state index in [9.17, 15) is 0 Å². The van der Waals surface area contributed by atoms with Crippen molar-refractivity contribution >= 4 is 0 Å². The van der Waals surface area contributed by atoms with Gasteiger partial charge in [0.25, 0.3) is 0 Å². The molecule has 2 aromatic rings. The van der Waals surface area contributed by atoms with Crippen LogP contribution in [0.5, 0.6) is 0 Å². The number of hydrogen-bond donors (Lipinski definition) is 1. The van der Waals surface area contributed by atoms with E-state index in [4.69, 9.17) is 0 Å². The predicted octanol–water partition coefficient (Wildman–Crippen LogP) is 4.35. The van der Waals surface area contributed by atoms with Crippen LogP contribution in [0.15, 0.2) is 43.0 Å². The lowest BCUT2D eigenvalue weighted by Crippen LogP contribution is -2.40. The Bertz CT molecular complexity index is 690. The van der Waals surface area contributed by atoms with Crippen LogP contribution in [0, 0.1) is 23.7 Å². The van der Waals surface area contributed by atoms with Gasteiger partial charge in [-0.25, -0.2) is 4.98 Å². The van der Waals surface area contributed by atoms with Crippen LogP contribution in [0.25, 0.3) is 5.69 Å². The van der Waals surface area contributed by atoms with Crippen LogP contribution in [0.2, 0.25) is 0 Å². The minimum Gasteiger partial charge on any atom is -0.307 e. The Morgan fingerprint density at radius 3 is 2.71 bits per heavy atom. The Labute approximate surface area is 144 Å². The number of benzene rings is 1. The summed E-state index contributed by atoms with van der Waals surface area (Å²) in [6.45, 7) is 2.32. The molecule has 0 amide bonds. The number of rotatable bonds is 4. The van der Waals surface area contributed by atoms with Gasteiger partial charge in [0.2, 0.25) is 0 Å². The zero-order valence-corrected chi connectivity index (χ0v) is 14.4. The summed E-state index contributed by atoms with van der Waals surface area (Å²) in [5, 5.41) is 3.97. The molecular weight excluding hydrogens is 294 g/mol. The predicted molar refractivity (Wildman–Crippen MR) is 95.9 cm³/mol. The zero-order valence-electron chi connectivity index (χ0n) is 14.4. The van der Waals surface area contributed by atoms with Gasteiger partial charge in [0.1, 0.15) is 0 Å². The molecule has 2 bridgehead atoms. The minimum absolute atomic E-state index is 0.436. The van der Waals surface area contributed by atoms with Gasteiger partial charge < -0.3 is 9.88 Å². The second-order valence-corrected chi connectivity index (χ2v) is 8.21. The van der Waals surface area contributed by atoms with Gasteiger partial charge in [0, 0.05) is 30.2 Å². The average molecular weight is 321 g/mol. The Morgan fingerprint density at radius 2 is 1.92 bits per heavy atom. The third-order valence-electron chi connectivity index (χ3n) is 7.09. The highest BCUT2D eigenvalue weighted by Crippen LogP contribution is 2.58. The van der Waals surface area contributed by atoms with Gasteiger partial charge >= 0.3 is 0 Å². The highest BCUT2D eigenvalue weighted by atomic mass is 15.0. The van der Waals surface area contributed by atoms with E-state index in [1.807, 2.05) is 18.7 Å². The molecule has 0 radical (unpaired) electrons. The second-order valence-electron chi connectivity index (χ2n) is 8.21. The van der Waals surface area contributed by atoms with Gasteiger partial charge in [-0.3, -0.25) is 0 Å². The third-order valence-corrected chi connectivity index (χ3v) is 7.09. The molecular formula is C21H27N3. The Morgan fingerprint density at radius 1 is 1.08 bits per heavy atom. The molecule has 3 saturated carbocycles. The Hall–Kier alpha value is -1.61. The van der Waals surface area contributed by atoms with Gasteiger partial charge in [-0.2, -0.15) is 0 Å². The van der Waals surface area contributed by atoms with Crippen molar-refractivity contribution in [1.82, 2.24) is 14.9 Å². The lowest BCUT2D eigenvalue weighted by Gasteiger charge is -2.34. The molecule has 24 heavy (non-hydrogen) atoms. The zero-order chi connectivity index (χ0) is 16.1. The van der Waals surface area contributed by atoms with Gasteiger partial charge in [-0.1, -0.05) is 18.6 Å². The van der Waals surface area contributed by atoms with Crippen molar-refractivity contribution in [2.24, 2.45) is 23.7 Å². The molecule has 3 heteroatoms. The van der Waals surface area contributed by atoms with Crippen molar-refractivity contribution in [2.45, 2.75) is 51.1 Å². The summed E-state index contributed by atoms with van der Waals surface area (Å²) in [7, 11) is 0. The molecule has 1 N–H and O–H groups in total. The molecule has 0 saturated heterocycles. The lowest BCUT2D eigenvalue weighted by atomic mass is 9.79. The van der Waals surface area contributed by atoms with E-state index in [0.717, 1.165) is 29.7 Å². The first-order chi connectivity index (χ1) is 11.8. The fourth-order valence-corrected chi connectivity index (χ4v) is 6.02. The summed E-state index contributed by atoms with van der Waals surface area (Å²) in [6.07, 6.45) is 13.1. The van der Waals surface area contributed by atoms with Gasteiger partial charge in [-0.05, 0) is 74.0 Å². The van der Waals surface area contributed by atoms with Gasteiger partial charge in [0.05, 0.1) is 6.33 Å². The van der Waals surface area contributed by atoms with Crippen molar-refractivity contribution in [3.63, 3.8) is 0 Å². The third kappa shape index (κ3) is 2.33. The monoisotopic (exact) mass is 321 g/mol. The number of aromatic nitrogens is 2. The number of imidazole rings is 1. The summed E-state index contributed by atoms with van der Waals surface area (Å²) in [6, 6.07) is 10.1. The van der Waals surface area contributed by atoms with E-state index in [0.29, 0.717) is 6.04 Å². The largest absolute Gasteiger partial charge is 0.307 e. The topological polar surface area (TPSA) is 29.9 Å². The highest BCUT2D eigenvalue weighted by molar-refractivity contribution is 5.35. The summed E-state index contributed by atoms with van der Waals surface area (Å²) in [5.41, 5.74) is 2.57. The van der Waals surface area contributed by atoms with Crippen molar-refractivity contribution in [3.8, 4) is 5.69 Å². The van der Waals surface area contributed by atoms with Crippen LogP contribution < -0.4 is 5.32 Å². The maximum Gasteiger partial charge on any atom is 0.0991 e. The van der Waals surface area contributed by atoms with Gasteiger partial charge in [0.15, 0.2) is 0 Å². The molecule has 1 heterocycles. The number of nitrogens with one attached hydrogen (secondary N) is 1. The normalized spacial score (nSPS) is 35.3. The van der Waals surface area contributed by atoms with Crippen LogP contribution in [0.3, 0.4) is 0 Å². The molecule has 126 valence electrons. The molecule has 3 nitrogen and oxygen atoms in total. The summed E-state index contributed by atoms with van der Waals surface area (Å²) < 4.78 is 2.05. The van der Waals surface area contributed by atoms with Crippen molar-refractivity contribution in [1.29, 1.82) is 0 Å². The Kier molecular flexibility index (Phi) is 3.51. The van der Waals surface area contributed by atoms with Crippen molar-refractivity contribution in [3.05, 3.63) is 48.5 Å².